The molecule has 100 valence electrons. The lowest BCUT2D eigenvalue weighted by atomic mass is 10.1. The summed E-state index contributed by atoms with van der Waals surface area (Å²) in [6.45, 7) is 9.22. The van der Waals surface area contributed by atoms with Crippen molar-refractivity contribution in [1.82, 2.24) is 14.9 Å². The first-order chi connectivity index (χ1) is 8.52. The Hall–Kier alpha value is -1.36. The Morgan fingerprint density at radius 2 is 2.00 bits per heavy atom. The van der Waals surface area contributed by atoms with Gasteiger partial charge in [0.2, 0.25) is 0 Å². The zero-order chi connectivity index (χ0) is 13.3. The van der Waals surface area contributed by atoms with Crippen LogP contribution in [0.15, 0.2) is 0 Å². The minimum atomic E-state index is 0.592. The first-order valence-corrected chi connectivity index (χ1v) is 6.58. The number of anilines is 2. The normalized spacial score (nSPS) is 21.3. The van der Waals surface area contributed by atoms with Crippen molar-refractivity contribution in [2.75, 3.05) is 37.3 Å². The van der Waals surface area contributed by atoms with Gasteiger partial charge in [-0.15, -0.1) is 0 Å². The summed E-state index contributed by atoms with van der Waals surface area (Å²) in [5, 5.41) is 0. The van der Waals surface area contributed by atoms with Gasteiger partial charge in [-0.25, -0.2) is 9.97 Å². The summed E-state index contributed by atoms with van der Waals surface area (Å²) in [7, 11) is 2.19. The van der Waals surface area contributed by atoms with Gasteiger partial charge in [-0.3, -0.25) is 4.90 Å². The average molecular weight is 249 g/mol. The van der Waals surface area contributed by atoms with Crippen molar-refractivity contribution in [2.24, 2.45) is 0 Å². The van der Waals surface area contributed by atoms with E-state index in [1.165, 1.54) is 0 Å². The van der Waals surface area contributed by atoms with Gasteiger partial charge in [0.05, 0.1) is 0 Å². The van der Waals surface area contributed by atoms with E-state index >= 15 is 0 Å². The maximum Gasteiger partial charge on any atom is 0.137 e. The molecule has 1 atom stereocenters. The van der Waals surface area contributed by atoms with Crippen LogP contribution < -0.4 is 10.6 Å². The molecule has 5 nitrogen and oxygen atoms in total. The predicted octanol–water partition coefficient (Wildman–Crippen LogP) is 1.21. The molecule has 1 aromatic rings. The summed E-state index contributed by atoms with van der Waals surface area (Å²) in [5.41, 5.74) is 6.93. The van der Waals surface area contributed by atoms with Gasteiger partial charge in [-0.2, -0.15) is 0 Å². The maximum absolute atomic E-state index is 5.93. The number of hydrogen-bond acceptors (Lipinski definition) is 5. The highest BCUT2D eigenvalue weighted by Gasteiger charge is 2.25. The molecule has 1 unspecified atom stereocenters. The van der Waals surface area contributed by atoms with E-state index in [1.54, 1.807) is 0 Å². The number of nitrogens with two attached hydrogens (primary N) is 1. The second-order valence-corrected chi connectivity index (χ2v) is 5.09. The number of likely N-dealkylation sites (N-methyl/N-ethyl adjacent to an activating group) is 1. The third-order valence-corrected chi connectivity index (χ3v) is 3.82. The van der Waals surface area contributed by atoms with E-state index in [-0.39, 0.29) is 0 Å². The van der Waals surface area contributed by atoms with Crippen molar-refractivity contribution < 1.29 is 0 Å². The van der Waals surface area contributed by atoms with Gasteiger partial charge in [0.15, 0.2) is 0 Å². The minimum absolute atomic E-state index is 0.592. The molecule has 0 aliphatic carbocycles. The third kappa shape index (κ3) is 2.41. The molecule has 2 heterocycles. The molecule has 1 aliphatic heterocycles. The zero-order valence-electron chi connectivity index (χ0n) is 11.8. The fourth-order valence-corrected chi connectivity index (χ4v) is 2.52. The van der Waals surface area contributed by atoms with E-state index in [4.69, 9.17) is 5.73 Å². The maximum atomic E-state index is 5.93. The quantitative estimate of drug-likeness (QED) is 0.853. The number of aryl methyl sites for hydroxylation is 1. The minimum Gasteiger partial charge on any atom is -0.383 e. The molecule has 18 heavy (non-hydrogen) atoms. The van der Waals surface area contributed by atoms with Crippen LogP contribution in [0.25, 0.3) is 0 Å². The van der Waals surface area contributed by atoms with Gasteiger partial charge in [0, 0.05) is 31.2 Å². The molecule has 2 N–H and O–H groups in total. The molecule has 0 spiro atoms. The smallest absolute Gasteiger partial charge is 0.137 e. The van der Waals surface area contributed by atoms with E-state index < -0.39 is 0 Å². The molecule has 1 fully saturated rings. The number of hydrogen-bond donors (Lipinski definition) is 1. The van der Waals surface area contributed by atoms with Crippen molar-refractivity contribution in [1.29, 1.82) is 0 Å². The summed E-state index contributed by atoms with van der Waals surface area (Å²) in [4.78, 5) is 13.5. The van der Waals surface area contributed by atoms with Crippen molar-refractivity contribution in [3.8, 4) is 0 Å². The molecule has 0 radical (unpaired) electrons. The van der Waals surface area contributed by atoms with Crippen molar-refractivity contribution >= 4 is 11.6 Å². The fraction of sp³-hybridized carbons (Fsp3) is 0.692. The topological polar surface area (TPSA) is 58.3 Å². The monoisotopic (exact) mass is 249 g/mol. The molecule has 1 aromatic heterocycles. The van der Waals surface area contributed by atoms with Crippen molar-refractivity contribution in [3.63, 3.8) is 0 Å². The number of piperazine rings is 1. The largest absolute Gasteiger partial charge is 0.383 e. The molecule has 0 amide bonds. The number of rotatable bonds is 2. The molecular formula is C13H23N5. The highest BCUT2D eigenvalue weighted by molar-refractivity contribution is 5.56. The Morgan fingerprint density at radius 1 is 1.28 bits per heavy atom. The van der Waals surface area contributed by atoms with Crippen LogP contribution in [0.1, 0.15) is 24.7 Å². The number of aromatic nitrogens is 2. The van der Waals surface area contributed by atoms with E-state index in [9.17, 15) is 0 Å². The van der Waals surface area contributed by atoms with Crippen LogP contribution in [0.2, 0.25) is 0 Å². The van der Waals surface area contributed by atoms with Gasteiger partial charge in [-0.1, -0.05) is 6.92 Å². The number of nitrogen functional groups attached to an aromatic ring is 1. The molecule has 2 rings (SSSR count). The van der Waals surface area contributed by atoms with Crippen LogP contribution in [-0.2, 0) is 0 Å². The lowest BCUT2D eigenvalue weighted by Gasteiger charge is -2.40. The molecular weight excluding hydrogens is 226 g/mol. The number of nitrogens with zero attached hydrogens (tertiary/aromatic N) is 4. The van der Waals surface area contributed by atoms with Crippen molar-refractivity contribution in [3.05, 3.63) is 11.4 Å². The lowest BCUT2D eigenvalue weighted by Crippen LogP contribution is -2.51. The van der Waals surface area contributed by atoms with Gasteiger partial charge in [-0.05, 0) is 27.3 Å². The summed E-state index contributed by atoms with van der Waals surface area (Å²) < 4.78 is 0. The lowest BCUT2D eigenvalue weighted by molar-refractivity contribution is 0.212. The molecule has 1 saturated heterocycles. The van der Waals surface area contributed by atoms with E-state index in [2.05, 4.69) is 33.7 Å². The van der Waals surface area contributed by atoms with E-state index in [0.717, 1.165) is 43.3 Å². The SMILES string of the molecule is CCC1CN(c2nc(C)nc(N)c2C)CCN1C. The highest BCUT2D eigenvalue weighted by Crippen LogP contribution is 2.24. The van der Waals surface area contributed by atoms with Gasteiger partial charge >= 0.3 is 0 Å². The molecule has 1 aliphatic rings. The Labute approximate surface area is 109 Å². The van der Waals surface area contributed by atoms with Gasteiger partial charge in [0.1, 0.15) is 17.5 Å². The summed E-state index contributed by atoms with van der Waals surface area (Å²) in [6, 6.07) is 0.592. The van der Waals surface area contributed by atoms with Crippen LogP contribution in [0.3, 0.4) is 0 Å². The summed E-state index contributed by atoms with van der Waals surface area (Å²) in [6.07, 6.45) is 1.16. The first kappa shape index (κ1) is 13.1. The van der Waals surface area contributed by atoms with E-state index in [1.807, 2.05) is 13.8 Å². The fourth-order valence-electron chi connectivity index (χ4n) is 2.52. The van der Waals surface area contributed by atoms with Crippen LogP contribution in [0.4, 0.5) is 11.6 Å². The van der Waals surface area contributed by atoms with Gasteiger partial charge in [0.25, 0.3) is 0 Å². The Kier molecular flexibility index (Phi) is 3.71. The summed E-state index contributed by atoms with van der Waals surface area (Å²) >= 11 is 0. The third-order valence-electron chi connectivity index (χ3n) is 3.82. The Bertz CT molecular complexity index is 432. The standard InChI is InChI=1S/C13H23N5/c1-5-11-8-18(7-6-17(11)4)13-9(2)12(14)15-10(3)16-13/h11H,5-8H2,1-4H3,(H2,14,15,16). The molecule has 0 aromatic carbocycles. The second-order valence-electron chi connectivity index (χ2n) is 5.09. The Morgan fingerprint density at radius 3 is 2.67 bits per heavy atom. The van der Waals surface area contributed by atoms with Crippen molar-refractivity contribution in [2.45, 2.75) is 33.2 Å². The summed E-state index contributed by atoms with van der Waals surface area (Å²) in [5.74, 6) is 2.36. The molecule has 0 saturated carbocycles. The van der Waals surface area contributed by atoms with Crippen LogP contribution in [0.5, 0.6) is 0 Å². The molecule has 5 heteroatoms. The van der Waals surface area contributed by atoms with E-state index in [0.29, 0.717) is 11.9 Å². The predicted molar refractivity (Wildman–Crippen MR) is 74.8 cm³/mol. The van der Waals surface area contributed by atoms with Crippen LogP contribution >= 0.6 is 0 Å². The van der Waals surface area contributed by atoms with Crippen LogP contribution in [-0.4, -0.2) is 47.6 Å². The second kappa shape index (κ2) is 5.10. The zero-order valence-corrected chi connectivity index (χ0v) is 11.8. The average Bonchev–Trinajstić information content (AvgIpc) is 2.34. The first-order valence-electron chi connectivity index (χ1n) is 6.58. The van der Waals surface area contributed by atoms with Gasteiger partial charge < -0.3 is 10.6 Å². The van der Waals surface area contributed by atoms with Crippen LogP contribution in [0, 0.1) is 13.8 Å². The highest BCUT2D eigenvalue weighted by atomic mass is 15.3. The molecule has 0 bridgehead atoms. The Balaban J connectivity index is 2.27.